The van der Waals surface area contributed by atoms with Crippen LogP contribution in [0, 0.1) is 0 Å². The first kappa shape index (κ1) is 16.4. The van der Waals surface area contributed by atoms with Gasteiger partial charge in [-0.05, 0) is 48.2 Å². The fraction of sp³-hybridized carbons (Fsp3) is 0.400. The van der Waals surface area contributed by atoms with E-state index in [4.69, 9.17) is 16.3 Å². The summed E-state index contributed by atoms with van der Waals surface area (Å²) in [6, 6.07) is 16.8. The monoisotopic (exact) mass is 329 g/mol. The Balaban J connectivity index is 1.51. The first-order valence-corrected chi connectivity index (χ1v) is 8.87. The molecule has 122 valence electrons. The molecule has 3 rings (SSSR count). The van der Waals surface area contributed by atoms with Gasteiger partial charge >= 0.3 is 0 Å². The summed E-state index contributed by atoms with van der Waals surface area (Å²) in [6.45, 7) is 1.49. The average molecular weight is 330 g/mol. The number of ether oxygens (including phenoxy) is 1. The Hall–Kier alpha value is -1.51. The molecule has 0 aliphatic heterocycles. The zero-order valence-corrected chi connectivity index (χ0v) is 14.2. The average Bonchev–Trinajstić information content (AvgIpc) is 2.61. The number of hydrogen-bond acceptors (Lipinski definition) is 2. The SMILES string of the molecule is Clc1ccc(COc2cccc(CNC3CCCCC3)c2)cc1. The normalized spacial score (nSPS) is 15.5. The maximum absolute atomic E-state index is 5.90. The maximum Gasteiger partial charge on any atom is 0.120 e. The van der Waals surface area contributed by atoms with Crippen LogP contribution in [0.2, 0.25) is 5.02 Å². The van der Waals surface area contributed by atoms with E-state index in [0.29, 0.717) is 12.6 Å². The predicted octanol–water partition coefficient (Wildman–Crippen LogP) is 5.34. The van der Waals surface area contributed by atoms with Gasteiger partial charge in [-0.3, -0.25) is 0 Å². The summed E-state index contributed by atoms with van der Waals surface area (Å²) in [4.78, 5) is 0. The van der Waals surface area contributed by atoms with Gasteiger partial charge in [0, 0.05) is 17.6 Å². The highest BCUT2D eigenvalue weighted by Crippen LogP contribution is 2.19. The van der Waals surface area contributed by atoms with E-state index in [0.717, 1.165) is 22.9 Å². The minimum atomic E-state index is 0.566. The van der Waals surface area contributed by atoms with Gasteiger partial charge in [-0.25, -0.2) is 0 Å². The Kier molecular flexibility index (Phi) is 5.95. The van der Waals surface area contributed by atoms with Gasteiger partial charge < -0.3 is 10.1 Å². The molecule has 1 aliphatic carbocycles. The molecule has 1 fully saturated rings. The van der Waals surface area contributed by atoms with E-state index in [1.165, 1.54) is 37.7 Å². The molecule has 0 radical (unpaired) electrons. The van der Waals surface area contributed by atoms with Crippen LogP contribution in [0.5, 0.6) is 5.75 Å². The second-order valence-electron chi connectivity index (χ2n) is 6.28. The lowest BCUT2D eigenvalue weighted by atomic mass is 9.95. The molecule has 1 saturated carbocycles. The van der Waals surface area contributed by atoms with Crippen molar-refractivity contribution in [3.05, 3.63) is 64.7 Å². The van der Waals surface area contributed by atoms with E-state index in [-0.39, 0.29) is 0 Å². The molecular formula is C20H24ClNO. The Bertz CT molecular complexity index is 605. The maximum atomic E-state index is 5.90. The standard InChI is InChI=1S/C20H24ClNO/c21-18-11-9-16(10-12-18)15-23-20-8-4-5-17(13-20)14-22-19-6-2-1-3-7-19/h4-5,8-13,19,22H,1-3,6-7,14-15H2. The highest BCUT2D eigenvalue weighted by Gasteiger charge is 2.12. The van der Waals surface area contributed by atoms with Crippen LogP contribution < -0.4 is 10.1 Å². The lowest BCUT2D eigenvalue weighted by Gasteiger charge is -2.23. The molecule has 0 atom stereocenters. The van der Waals surface area contributed by atoms with Gasteiger partial charge in [0.05, 0.1) is 0 Å². The molecular weight excluding hydrogens is 306 g/mol. The molecule has 0 amide bonds. The predicted molar refractivity (Wildman–Crippen MR) is 95.9 cm³/mol. The summed E-state index contributed by atoms with van der Waals surface area (Å²) in [5, 5.41) is 4.43. The van der Waals surface area contributed by atoms with E-state index in [1.807, 2.05) is 30.3 Å². The van der Waals surface area contributed by atoms with Crippen LogP contribution in [0.25, 0.3) is 0 Å². The number of benzene rings is 2. The summed E-state index contributed by atoms with van der Waals surface area (Å²) < 4.78 is 5.89. The topological polar surface area (TPSA) is 21.3 Å². The Morgan fingerprint density at radius 3 is 2.52 bits per heavy atom. The second kappa shape index (κ2) is 8.37. The van der Waals surface area contributed by atoms with E-state index < -0.39 is 0 Å². The third kappa shape index (κ3) is 5.26. The molecule has 0 spiro atoms. The fourth-order valence-corrected chi connectivity index (χ4v) is 3.19. The molecule has 0 aromatic heterocycles. The molecule has 2 nitrogen and oxygen atoms in total. The summed E-state index contributed by atoms with van der Waals surface area (Å²) in [6.07, 6.45) is 6.75. The minimum absolute atomic E-state index is 0.566. The Labute approximate surface area is 143 Å². The second-order valence-corrected chi connectivity index (χ2v) is 6.71. The lowest BCUT2D eigenvalue weighted by molar-refractivity contribution is 0.305. The first-order valence-electron chi connectivity index (χ1n) is 8.49. The largest absolute Gasteiger partial charge is 0.489 e. The van der Waals surface area contributed by atoms with Crippen molar-refractivity contribution < 1.29 is 4.74 Å². The van der Waals surface area contributed by atoms with Gasteiger partial charge in [-0.2, -0.15) is 0 Å². The number of halogens is 1. The van der Waals surface area contributed by atoms with Crippen LogP contribution in [0.4, 0.5) is 0 Å². The van der Waals surface area contributed by atoms with Crippen molar-refractivity contribution >= 4 is 11.6 Å². The molecule has 2 aromatic rings. The number of nitrogens with one attached hydrogen (secondary N) is 1. The van der Waals surface area contributed by atoms with Gasteiger partial charge in [0.2, 0.25) is 0 Å². The van der Waals surface area contributed by atoms with Gasteiger partial charge in [0.1, 0.15) is 12.4 Å². The van der Waals surface area contributed by atoms with Crippen molar-refractivity contribution in [3.8, 4) is 5.75 Å². The van der Waals surface area contributed by atoms with Crippen molar-refractivity contribution in [2.24, 2.45) is 0 Å². The summed E-state index contributed by atoms with van der Waals surface area (Å²) in [7, 11) is 0. The van der Waals surface area contributed by atoms with Gasteiger partial charge in [0.15, 0.2) is 0 Å². The highest BCUT2D eigenvalue weighted by molar-refractivity contribution is 6.30. The zero-order valence-electron chi connectivity index (χ0n) is 13.4. The van der Waals surface area contributed by atoms with E-state index >= 15 is 0 Å². The van der Waals surface area contributed by atoms with Gasteiger partial charge in [-0.15, -0.1) is 0 Å². The molecule has 0 unspecified atom stereocenters. The number of rotatable bonds is 6. The minimum Gasteiger partial charge on any atom is -0.489 e. The van der Waals surface area contributed by atoms with Crippen LogP contribution in [-0.2, 0) is 13.2 Å². The van der Waals surface area contributed by atoms with Crippen molar-refractivity contribution in [2.45, 2.75) is 51.3 Å². The van der Waals surface area contributed by atoms with E-state index in [1.54, 1.807) is 0 Å². The molecule has 1 N–H and O–H groups in total. The highest BCUT2D eigenvalue weighted by atomic mass is 35.5. The van der Waals surface area contributed by atoms with Crippen molar-refractivity contribution in [1.29, 1.82) is 0 Å². The Morgan fingerprint density at radius 2 is 1.74 bits per heavy atom. The van der Waals surface area contributed by atoms with Crippen LogP contribution in [0.15, 0.2) is 48.5 Å². The zero-order chi connectivity index (χ0) is 15.9. The molecule has 23 heavy (non-hydrogen) atoms. The molecule has 0 saturated heterocycles. The van der Waals surface area contributed by atoms with Crippen LogP contribution >= 0.6 is 11.6 Å². The smallest absolute Gasteiger partial charge is 0.120 e. The molecule has 0 bridgehead atoms. The molecule has 3 heteroatoms. The van der Waals surface area contributed by atoms with E-state index in [2.05, 4.69) is 23.5 Å². The van der Waals surface area contributed by atoms with Crippen LogP contribution in [0.3, 0.4) is 0 Å². The van der Waals surface area contributed by atoms with Crippen LogP contribution in [-0.4, -0.2) is 6.04 Å². The summed E-state index contributed by atoms with van der Waals surface area (Å²) in [5.74, 6) is 0.919. The molecule has 2 aromatic carbocycles. The van der Waals surface area contributed by atoms with Gasteiger partial charge in [0.25, 0.3) is 0 Å². The van der Waals surface area contributed by atoms with Crippen molar-refractivity contribution in [1.82, 2.24) is 5.32 Å². The third-order valence-corrected chi connectivity index (χ3v) is 4.67. The quantitative estimate of drug-likeness (QED) is 0.772. The van der Waals surface area contributed by atoms with E-state index in [9.17, 15) is 0 Å². The number of hydrogen-bond donors (Lipinski definition) is 1. The van der Waals surface area contributed by atoms with Crippen LogP contribution in [0.1, 0.15) is 43.2 Å². The van der Waals surface area contributed by atoms with Gasteiger partial charge in [-0.1, -0.05) is 55.1 Å². The summed E-state index contributed by atoms with van der Waals surface area (Å²) in [5.41, 5.74) is 2.41. The molecule has 0 heterocycles. The first-order chi connectivity index (χ1) is 11.3. The third-order valence-electron chi connectivity index (χ3n) is 4.42. The van der Waals surface area contributed by atoms with Crippen molar-refractivity contribution in [3.63, 3.8) is 0 Å². The lowest BCUT2D eigenvalue weighted by Crippen LogP contribution is -2.30. The van der Waals surface area contributed by atoms with Crippen molar-refractivity contribution in [2.75, 3.05) is 0 Å². The Morgan fingerprint density at radius 1 is 0.957 bits per heavy atom. The molecule has 1 aliphatic rings. The fourth-order valence-electron chi connectivity index (χ4n) is 3.06. The summed E-state index contributed by atoms with van der Waals surface area (Å²) >= 11 is 5.90.